The lowest BCUT2D eigenvalue weighted by atomic mass is 10.4. The number of anilines is 1. The molecule has 4 nitrogen and oxygen atoms in total. The highest BCUT2D eigenvalue weighted by atomic mass is 19.4. The standard InChI is InChI=1S/C10H15F3N4/c1-2-4-14-6-7-16-9-15-5-3-8(17-9)10(11,12)13/h3,5,14H,2,4,6-7H2,1H3,(H,15,16,17). The van der Waals surface area contributed by atoms with Crippen molar-refractivity contribution in [3.8, 4) is 0 Å². The molecule has 0 bridgehead atoms. The van der Waals surface area contributed by atoms with Gasteiger partial charge in [-0.25, -0.2) is 9.97 Å². The first-order valence-corrected chi connectivity index (χ1v) is 5.39. The van der Waals surface area contributed by atoms with Crippen LogP contribution in [0.25, 0.3) is 0 Å². The van der Waals surface area contributed by atoms with Crippen molar-refractivity contribution in [2.45, 2.75) is 19.5 Å². The van der Waals surface area contributed by atoms with Crippen molar-refractivity contribution in [3.63, 3.8) is 0 Å². The molecule has 1 heterocycles. The summed E-state index contributed by atoms with van der Waals surface area (Å²) in [5.74, 6) is -0.00174. The summed E-state index contributed by atoms with van der Waals surface area (Å²) in [4.78, 5) is 7.11. The maximum Gasteiger partial charge on any atom is 0.433 e. The van der Waals surface area contributed by atoms with E-state index in [9.17, 15) is 13.2 Å². The first-order valence-electron chi connectivity index (χ1n) is 5.39. The van der Waals surface area contributed by atoms with Crippen molar-refractivity contribution in [2.24, 2.45) is 0 Å². The Labute approximate surface area is 97.7 Å². The molecular formula is C10H15F3N4. The molecule has 96 valence electrons. The van der Waals surface area contributed by atoms with Crippen molar-refractivity contribution in [1.82, 2.24) is 15.3 Å². The zero-order valence-corrected chi connectivity index (χ0v) is 9.51. The van der Waals surface area contributed by atoms with Gasteiger partial charge in [0.25, 0.3) is 0 Å². The van der Waals surface area contributed by atoms with Crippen molar-refractivity contribution in [3.05, 3.63) is 18.0 Å². The van der Waals surface area contributed by atoms with E-state index in [4.69, 9.17) is 0 Å². The largest absolute Gasteiger partial charge is 0.433 e. The summed E-state index contributed by atoms with van der Waals surface area (Å²) in [6.07, 6.45) is -2.32. The molecule has 0 aliphatic carbocycles. The highest BCUT2D eigenvalue weighted by Crippen LogP contribution is 2.27. The Hall–Kier alpha value is -1.37. The van der Waals surface area contributed by atoms with Crippen LogP contribution >= 0.6 is 0 Å². The van der Waals surface area contributed by atoms with Gasteiger partial charge in [0.2, 0.25) is 5.95 Å². The second-order valence-electron chi connectivity index (χ2n) is 3.44. The van der Waals surface area contributed by atoms with Crippen LogP contribution in [0.15, 0.2) is 12.3 Å². The predicted molar refractivity (Wildman–Crippen MR) is 58.7 cm³/mol. The molecule has 0 fully saturated rings. The third-order valence-corrected chi connectivity index (χ3v) is 1.96. The lowest BCUT2D eigenvalue weighted by molar-refractivity contribution is -0.141. The van der Waals surface area contributed by atoms with Crippen LogP contribution < -0.4 is 10.6 Å². The van der Waals surface area contributed by atoms with Gasteiger partial charge in [-0.3, -0.25) is 0 Å². The third-order valence-electron chi connectivity index (χ3n) is 1.96. The van der Waals surface area contributed by atoms with Gasteiger partial charge >= 0.3 is 6.18 Å². The number of aromatic nitrogens is 2. The Bertz CT molecular complexity index is 341. The number of hydrogen-bond donors (Lipinski definition) is 2. The fourth-order valence-corrected chi connectivity index (χ4v) is 1.17. The lowest BCUT2D eigenvalue weighted by Crippen LogP contribution is -2.23. The zero-order chi connectivity index (χ0) is 12.7. The number of nitrogens with one attached hydrogen (secondary N) is 2. The summed E-state index contributed by atoms with van der Waals surface area (Å²) < 4.78 is 37.0. The van der Waals surface area contributed by atoms with E-state index in [0.717, 1.165) is 25.2 Å². The van der Waals surface area contributed by atoms with E-state index in [1.807, 2.05) is 6.92 Å². The molecule has 0 aliphatic rings. The van der Waals surface area contributed by atoms with Gasteiger partial charge in [-0.2, -0.15) is 13.2 Å². The molecule has 0 aromatic carbocycles. The maximum absolute atomic E-state index is 12.3. The van der Waals surface area contributed by atoms with Crippen LogP contribution in [0.1, 0.15) is 19.0 Å². The topological polar surface area (TPSA) is 49.8 Å². The molecule has 0 spiro atoms. The Morgan fingerprint density at radius 3 is 2.65 bits per heavy atom. The molecule has 7 heteroatoms. The van der Waals surface area contributed by atoms with E-state index in [-0.39, 0.29) is 5.95 Å². The van der Waals surface area contributed by atoms with Crippen LogP contribution in [-0.4, -0.2) is 29.6 Å². The fraction of sp³-hybridized carbons (Fsp3) is 0.600. The van der Waals surface area contributed by atoms with Crippen LogP contribution in [0.2, 0.25) is 0 Å². The van der Waals surface area contributed by atoms with Crippen LogP contribution in [0.5, 0.6) is 0 Å². The summed E-state index contributed by atoms with van der Waals surface area (Å²) in [5, 5.41) is 5.84. The third kappa shape index (κ3) is 4.99. The minimum Gasteiger partial charge on any atom is -0.353 e. The fourth-order valence-electron chi connectivity index (χ4n) is 1.17. The zero-order valence-electron chi connectivity index (χ0n) is 9.51. The van der Waals surface area contributed by atoms with Gasteiger partial charge in [0.1, 0.15) is 5.69 Å². The minimum atomic E-state index is -4.43. The lowest BCUT2D eigenvalue weighted by Gasteiger charge is -2.08. The van der Waals surface area contributed by atoms with Crippen molar-refractivity contribution in [1.29, 1.82) is 0 Å². The number of nitrogens with zero attached hydrogens (tertiary/aromatic N) is 2. The molecule has 2 N–H and O–H groups in total. The van der Waals surface area contributed by atoms with Gasteiger partial charge in [-0.1, -0.05) is 6.92 Å². The Morgan fingerprint density at radius 1 is 1.24 bits per heavy atom. The first-order chi connectivity index (χ1) is 8.04. The molecule has 17 heavy (non-hydrogen) atoms. The summed E-state index contributed by atoms with van der Waals surface area (Å²) in [6, 6.07) is 0.848. The molecule has 0 saturated carbocycles. The van der Waals surface area contributed by atoms with Gasteiger partial charge in [0.05, 0.1) is 0 Å². The van der Waals surface area contributed by atoms with Gasteiger partial charge < -0.3 is 10.6 Å². The molecule has 0 unspecified atom stereocenters. The maximum atomic E-state index is 12.3. The average Bonchev–Trinajstić information content (AvgIpc) is 2.28. The summed E-state index contributed by atoms with van der Waals surface area (Å²) >= 11 is 0. The smallest absolute Gasteiger partial charge is 0.353 e. The summed E-state index contributed by atoms with van der Waals surface area (Å²) in [5.41, 5.74) is -0.934. The van der Waals surface area contributed by atoms with E-state index < -0.39 is 11.9 Å². The minimum absolute atomic E-state index is 0.00174. The molecule has 0 amide bonds. The quantitative estimate of drug-likeness (QED) is 0.755. The van der Waals surface area contributed by atoms with Crippen LogP contribution in [0.3, 0.4) is 0 Å². The van der Waals surface area contributed by atoms with Gasteiger partial charge in [-0.05, 0) is 19.0 Å². The van der Waals surface area contributed by atoms with Crippen molar-refractivity contribution in [2.75, 3.05) is 25.0 Å². The van der Waals surface area contributed by atoms with Crippen molar-refractivity contribution < 1.29 is 13.2 Å². The molecule has 0 saturated heterocycles. The molecule has 0 atom stereocenters. The number of rotatable bonds is 6. The second kappa shape index (κ2) is 6.39. The normalized spacial score (nSPS) is 11.5. The van der Waals surface area contributed by atoms with E-state index >= 15 is 0 Å². The van der Waals surface area contributed by atoms with Crippen LogP contribution in [0, 0.1) is 0 Å². The molecule has 1 aromatic rings. The van der Waals surface area contributed by atoms with Crippen LogP contribution in [0.4, 0.5) is 19.1 Å². The molecule has 0 aliphatic heterocycles. The van der Waals surface area contributed by atoms with Gasteiger partial charge in [-0.15, -0.1) is 0 Å². The number of alkyl halides is 3. The average molecular weight is 248 g/mol. The Morgan fingerprint density at radius 2 is 2.00 bits per heavy atom. The number of hydrogen-bond acceptors (Lipinski definition) is 4. The van der Waals surface area contributed by atoms with E-state index in [1.54, 1.807) is 0 Å². The molecule has 1 aromatic heterocycles. The number of halogens is 3. The Kier molecular flexibility index (Phi) is 5.14. The molecule has 1 rings (SSSR count). The Balaban J connectivity index is 2.44. The van der Waals surface area contributed by atoms with Gasteiger partial charge in [0.15, 0.2) is 0 Å². The summed E-state index contributed by atoms with van der Waals surface area (Å²) in [7, 11) is 0. The monoisotopic (exact) mass is 248 g/mol. The molecule has 0 radical (unpaired) electrons. The predicted octanol–water partition coefficient (Wildman–Crippen LogP) is 1.91. The van der Waals surface area contributed by atoms with E-state index in [2.05, 4.69) is 20.6 Å². The second-order valence-corrected chi connectivity index (χ2v) is 3.44. The highest BCUT2D eigenvalue weighted by Gasteiger charge is 2.32. The SMILES string of the molecule is CCCNCCNc1nccc(C(F)(F)F)n1. The highest BCUT2D eigenvalue weighted by molar-refractivity contribution is 5.25. The van der Waals surface area contributed by atoms with E-state index in [1.165, 1.54) is 0 Å². The van der Waals surface area contributed by atoms with E-state index in [0.29, 0.717) is 13.1 Å². The first kappa shape index (κ1) is 13.7. The van der Waals surface area contributed by atoms with Crippen LogP contribution in [-0.2, 0) is 6.18 Å². The van der Waals surface area contributed by atoms with Gasteiger partial charge in [0, 0.05) is 19.3 Å². The molecular weight excluding hydrogens is 233 g/mol. The summed E-state index contributed by atoms with van der Waals surface area (Å²) in [6.45, 7) is 4.07. The van der Waals surface area contributed by atoms with Crippen molar-refractivity contribution >= 4 is 5.95 Å².